The summed E-state index contributed by atoms with van der Waals surface area (Å²) in [6, 6.07) is 3.63. The van der Waals surface area contributed by atoms with Gasteiger partial charge in [0.05, 0.1) is 3.57 Å². The van der Waals surface area contributed by atoms with Crippen LogP contribution >= 0.6 is 22.6 Å². The monoisotopic (exact) mass is 320 g/mol. The molecule has 0 saturated carbocycles. The van der Waals surface area contributed by atoms with Gasteiger partial charge in [-0.1, -0.05) is 13.3 Å². The van der Waals surface area contributed by atoms with Gasteiger partial charge in [0.1, 0.15) is 0 Å². The molecule has 0 atom stereocenters. The van der Waals surface area contributed by atoms with Crippen molar-refractivity contribution in [2.75, 3.05) is 6.54 Å². The van der Waals surface area contributed by atoms with Crippen molar-refractivity contribution < 1.29 is 9.53 Å². The fourth-order valence-electron chi connectivity index (χ4n) is 0.937. The van der Waals surface area contributed by atoms with Crippen LogP contribution in [-0.2, 0) is 0 Å². The minimum atomic E-state index is -0.444. The smallest absolute Gasteiger partial charge is 0.390 e. The van der Waals surface area contributed by atoms with Gasteiger partial charge in [-0.15, -0.1) is 0 Å². The molecule has 0 saturated heterocycles. The number of nitrogens with one attached hydrogen (secondary N) is 1. The molecule has 82 valence electrons. The fraction of sp³-hybridized carbons (Fsp3) is 0.400. The molecule has 0 spiro atoms. The molecule has 0 aliphatic carbocycles. The number of ether oxygens (including phenoxy) is 1. The average molecular weight is 320 g/mol. The molecule has 0 bridgehead atoms. The Hall–Kier alpha value is -0.850. The molecule has 1 rings (SSSR count). The second kappa shape index (κ2) is 6.60. The number of halogens is 1. The summed E-state index contributed by atoms with van der Waals surface area (Å²) in [5.41, 5.74) is 0. The fourth-order valence-corrected chi connectivity index (χ4v) is 1.39. The van der Waals surface area contributed by atoms with Gasteiger partial charge in [0, 0.05) is 12.7 Å². The van der Waals surface area contributed by atoms with Crippen molar-refractivity contribution in [3.63, 3.8) is 0 Å². The standard InChI is InChI=1S/C10H13IN2O2/c1-2-3-6-13-10(14)15-9-8(11)5-4-7-12-9/h4-5,7H,2-3,6H2,1H3,(H,13,14). The summed E-state index contributed by atoms with van der Waals surface area (Å²) >= 11 is 2.07. The molecule has 4 nitrogen and oxygen atoms in total. The third kappa shape index (κ3) is 4.46. The highest BCUT2D eigenvalue weighted by Gasteiger charge is 2.07. The van der Waals surface area contributed by atoms with Crippen LogP contribution in [0, 0.1) is 3.57 Å². The van der Waals surface area contributed by atoms with Gasteiger partial charge in [-0.05, 0) is 41.1 Å². The number of carbonyl (C=O) groups excluding carboxylic acids is 1. The molecule has 0 fully saturated rings. The van der Waals surface area contributed by atoms with E-state index in [0.29, 0.717) is 12.4 Å². The van der Waals surface area contributed by atoms with Crippen molar-refractivity contribution in [2.45, 2.75) is 19.8 Å². The average Bonchev–Trinajstić information content (AvgIpc) is 2.22. The molecule has 1 amide bonds. The molecule has 0 unspecified atom stereocenters. The lowest BCUT2D eigenvalue weighted by molar-refractivity contribution is 0.198. The van der Waals surface area contributed by atoms with Gasteiger partial charge in [-0.3, -0.25) is 0 Å². The van der Waals surface area contributed by atoms with E-state index in [1.54, 1.807) is 12.3 Å². The lowest BCUT2D eigenvalue weighted by atomic mass is 10.3. The van der Waals surface area contributed by atoms with Crippen molar-refractivity contribution in [2.24, 2.45) is 0 Å². The maximum absolute atomic E-state index is 11.3. The van der Waals surface area contributed by atoms with Gasteiger partial charge in [0.15, 0.2) is 0 Å². The molecular weight excluding hydrogens is 307 g/mol. The molecular formula is C10H13IN2O2. The number of pyridine rings is 1. The molecule has 15 heavy (non-hydrogen) atoms. The zero-order valence-electron chi connectivity index (χ0n) is 8.50. The number of aromatic nitrogens is 1. The number of amides is 1. The van der Waals surface area contributed by atoms with E-state index < -0.39 is 6.09 Å². The van der Waals surface area contributed by atoms with E-state index in [9.17, 15) is 4.79 Å². The number of hydrogen-bond donors (Lipinski definition) is 1. The third-order valence-electron chi connectivity index (χ3n) is 1.71. The van der Waals surface area contributed by atoms with Gasteiger partial charge in [0.25, 0.3) is 0 Å². The van der Waals surface area contributed by atoms with Crippen molar-refractivity contribution in [3.8, 4) is 5.88 Å². The predicted octanol–water partition coefficient (Wildman–Crippen LogP) is 2.57. The molecule has 1 N–H and O–H groups in total. The number of unbranched alkanes of at least 4 members (excludes halogenated alkanes) is 1. The van der Waals surface area contributed by atoms with Crippen molar-refractivity contribution in [3.05, 3.63) is 21.9 Å². The summed E-state index contributed by atoms with van der Waals surface area (Å²) in [6.45, 7) is 2.70. The highest BCUT2D eigenvalue weighted by Crippen LogP contribution is 2.15. The highest BCUT2D eigenvalue weighted by molar-refractivity contribution is 14.1. The lowest BCUT2D eigenvalue weighted by Crippen LogP contribution is -2.28. The SMILES string of the molecule is CCCCNC(=O)Oc1ncccc1I. The quantitative estimate of drug-likeness (QED) is 0.685. The van der Waals surface area contributed by atoms with Crippen molar-refractivity contribution in [1.82, 2.24) is 10.3 Å². The van der Waals surface area contributed by atoms with Crippen LogP contribution in [0.4, 0.5) is 4.79 Å². The largest absolute Gasteiger partial charge is 0.413 e. The van der Waals surface area contributed by atoms with Crippen LogP contribution < -0.4 is 10.1 Å². The molecule has 0 aliphatic heterocycles. The summed E-state index contributed by atoms with van der Waals surface area (Å²) in [4.78, 5) is 15.2. The van der Waals surface area contributed by atoms with E-state index in [2.05, 4.69) is 39.8 Å². The second-order valence-corrected chi connectivity index (χ2v) is 4.12. The first kappa shape index (κ1) is 12.2. The van der Waals surface area contributed by atoms with Gasteiger partial charge >= 0.3 is 6.09 Å². The van der Waals surface area contributed by atoms with Crippen LogP contribution in [0.5, 0.6) is 5.88 Å². The Labute approximate surface area is 103 Å². The predicted molar refractivity (Wildman–Crippen MR) is 65.9 cm³/mol. The van der Waals surface area contributed by atoms with Gasteiger partial charge in [-0.2, -0.15) is 0 Å². The van der Waals surface area contributed by atoms with E-state index in [4.69, 9.17) is 4.74 Å². The Kier molecular flexibility index (Phi) is 5.38. The summed E-state index contributed by atoms with van der Waals surface area (Å²) in [5, 5.41) is 2.65. The van der Waals surface area contributed by atoms with Crippen LogP contribution in [0.15, 0.2) is 18.3 Å². The van der Waals surface area contributed by atoms with Crippen molar-refractivity contribution >= 4 is 28.7 Å². The Morgan fingerprint density at radius 2 is 2.47 bits per heavy atom. The first-order chi connectivity index (χ1) is 7.24. The van der Waals surface area contributed by atoms with Crippen molar-refractivity contribution in [1.29, 1.82) is 0 Å². The molecule has 0 radical (unpaired) electrons. The van der Waals surface area contributed by atoms with Crippen LogP contribution in [0.3, 0.4) is 0 Å². The second-order valence-electron chi connectivity index (χ2n) is 2.96. The molecule has 1 aromatic rings. The molecule has 1 heterocycles. The summed E-state index contributed by atoms with van der Waals surface area (Å²) in [6.07, 6.45) is 3.15. The van der Waals surface area contributed by atoms with Gasteiger partial charge < -0.3 is 10.1 Å². The van der Waals surface area contributed by atoms with E-state index in [1.807, 2.05) is 6.07 Å². The molecule has 0 aliphatic rings. The minimum Gasteiger partial charge on any atom is -0.390 e. The first-order valence-electron chi connectivity index (χ1n) is 4.80. The Morgan fingerprint density at radius 3 is 3.13 bits per heavy atom. The van der Waals surface area contributed by atoms with Crippen LogP contribution in [0.25, 0.3) is 0 Å². The van der Waals surface area contributed by atoms with E-state index >= 15 is 0 Å². The number of hydrogen-bond acceptors (Lipinski definition) is 3. The Balaban J connectivity index is 2.41. The topological polar surface area (TPSA) is 51.2 Å². The maximum atomic E-state index is 11.3. The molecule has 1 aromatic heterocycles. The Bertz CT molecular complexity index is 331. The van der Waals surface area contributed by atoms with E-state index in [0.717, 1.165) is 16.4 Å². The summed E-state index contributed by atoms with van der Waals surface area (Å²) in [7, 11) is 0. The normalized spacial score (nSPS) is 9.73. The number of nitrogens with zero attached hydrogens (tertiary/aromatic N) is 1. The van der Waals surface area contributed by atoms with Crippen LogP contribution in [0.2, 0.25) is 0 Å². The van der Waals surface area contributed by atoms with Crippen LogP contribution in [0.1, 0.15) is 19.8 Å². The minimum absolute atomic E-state index is 0.354. The third-order valence-corrected chi connectivity index (χ3v) is 2.53. The zero-order chi connectivity index (χ0) is 11.1. The molecule has 5 heteroatoms. The molecule has 0 aromatic carbocycles. The van der Waals surface area contributed by atoms with E-state index in [1.165, 1.54) is 0 Å². The van der Waals surface area contributed by atoms with Crippen LogP contribution in [-0.4, -0.2) is 17.6 Å². The lowest BCUT2D eigenvalue weighted by Gasteiger charge is -2.05. The Morgan fingerprint density at radius 1 is 1.67 bits per heavy atom. The number of carbonyl (C=O) groups is 1. The summed E-state index contributed by atoms with van der Waals surface area (Å²) in [5.74, 6) is 0.354. The van der Waals surface area contributed by atoms with Gasteiger partial charge in [0.2, 0.25) is 5.88 Å². The van der Waals surface area contributed by atoms with E-state index in [-0.39, 0.29) is 0 Å². The maximum Gasteiger partial charge on any atom is 0.413 e. The summed E-state index contributed by atoms with van der Waals surface area (Å²) < 4.78 is 5.84. The highest BCUT2D eigenvalue weighted by atomic mass is 127. The number of rotatable bonds is 4. The first-order valence-corrected chi connectivity index (χ1v) is 5.88. The zero-order valence-corrected chi connectivity index (χ0v) is 10.7. The van der Waals surface area contributed by atoms with Gasteiger partial charge in [-0.25, -0.2) is 9.78 Å².